The summed E-state index contributed by atoms with van der Waals surface area (Å²) in [6, 6.07) is 10.0. The average Bonchev–Trinajstić information content (AvgIpc) is 2.85. The SMILES string of the molecule is OCC1OC1Oc1cc[c]cc1. The fourth-order valence-corrected chi connectivity index (χ4v) is 0.944. The van der Waals surface area contributed by atoms with Crippen LogP contribution in [0.2, 0.25) is 0 Å². The van der Waals surface area contributed by atoms with Crippen molar-refractivity contribution < 1.29 is 14.6 Å². The lowest BCUT2D eigenvalue weighted by Gasteiger charge is -1.99. The molecule has 1 aliphatic rings. The smallest absolute Gasteiger partial charge is 0.229 e. The normalized spacial score (nSPS) is 26.8. The zero-order chi connectivity index (χ0) is 8.39. The maximum Gasteiger partial charge on any atom is 0.229 e. The van der Waals surface area contributed by atoms with Crippen LogP contribution in [0.25, 0.3) is 0 Å². The number of ether oxygens (including phenoxy) is 2. The number of epoxide rings is 1. The third-order valence-electron chi connectivity index (χ3n) is 1.66. The molecular weight excluding hydrogens is 156 g/mol. The zero-order valence-corrected chi connectivity index (χ0v) is 6.43. The number of aliphatic hydroxyl groups is 1. The van der Waals surface area contributed by atoms with Gasteiger partial charge in [0.25, 0.3) is 0 Å². The third kappa shape index (κ3) is 1.57. The largest absolute Gasteiger partial charge is 0.462 e. The van der Waals surface area contributed by atoms with E-state index in [9.17, 15) is 0 Å². The number of hydrogen-bond donors (Lipinski definition) is 1. The van der Waals surface area contributed by atoms with E-state index in [0.717, 1.165) is 5.75 Å². The van der Waals surface area contributed by atoms with Crippen LogP contribution in [0, 0.1) is 6.07 Å². The number of hydrogen-bond acceptors (Lipinski definition) is 3. The van der Waals surface area contributed by atoms with Crippen LogP contribution in [-0.2, 0) is 4.74 Å². The van der Waals surface area contributed by atoms with E-state index in [1.54, 1.807) is 24.3 Å². The van der Waals surface area contributed by atoms with Crippen molar-refractivity contribution in [2.24, 2.45) is 0 Å². The van der Waals surface area contributed by atoms with Crippen molar-refractivity contribution in [3.8, 4) is 5.75 Å². The van der Waals surface area contributed by atoms with Crippen molar-refractivity contribution in [2.45, 2.75) is 12.4 Å². The van der Waals surface area contributed by atoms with Gasteiger partial charge in [-0.3, -0.25) is 0 Å². The Morgan fingerprint density at radius 1 is 1.50 bits per heavy atom. The summed E-state index contributed by atoms with van der Waals surface area (Å²) in [5.74, 6) is 0.745. The fraction of sp³-hybridized carbons (Fsp3) is 0.333. The number of aliphatic hydroxyl groups excluding tert-OH is 1. The van der Waals surface area contributed by atoms with Gasteiger partial charge in [-0.1, -0.05) is 12.1 Å². The van der Waals surface area contributed by atoms with Gasteiger partial charge in [-0.05, 0) is 18.2 Å². The van der Waals surface area contributed by atoms with E-state index >= 15 is 0 Å². The molecule has 0 bridgehead atoms. The molecule has 1 saturated heterocycles. The summed E-state index contributed by atoms with van der Waals surface area (Å²) < 4.78 is 10.3. The van der Waals surface area contributed by atoms with E-state index < -0.39 is 0 Å². The predicted octanol–water partition coefficient (Wildman–Crippen LogP) is 0.583. The van der Waals surface area contributed by atoms with E-state index in [-0.39, 0.29) is 19.0 Å². The highest BCUT2D eigenvalue weighted by atomic mass is 16.8. The summed E-state index contributed by atoms with van der Waals surface area (Å²) in [5.41, 5.74) is 0. The van der Waals surface area contributed by atoms with Crippen LogP contribution in [0.5, 0.6) is 5.75 Å². The Balaban J connectivity index is 1.89. The van der Waals surface area contributed by atoms with Gasteiger partial charge in [0.15, 0.2) is 0 Å². The Morgan fingerprint density at radius 3 is 2.83 bits per heavy atom. The van der Waals surface area contributed by atoms with Crippen molar-refractivity contribution in [1.82, 2.24) is 0 Å². The van der Waals surface area contributed by atoms with Gasteiger partial charge < -0.3 is 14.6 Å². The summed E-state index contributed by atoms with van der Waals surface area (Å²) in [4.78, 5) is 0. The molecule has 2 rings (SSSR count). The van der Waals surface area contributed by atoms with E-state index in [1.807, 2.05) is 0 Å². The van der Waals surface area contributed by atoms with Crippen molar-refractivity contribution in [2.75, 3.05) is 6.61 Å². The van der Waals surface area contributed by atoms with Gasteiger partial charge in [-0.2, -0.15) is 0 Å². The van der Waals surface area contributed by atoms with Gasteiger partial charge in [-0.25, -0.2) is 0 Å². The summed E-state index contributed by atoms with van der Waals surface area (Å²) in [6.45, 7) is 0.0175. The Morgan fingerprint density at radius 2 is 2.25 bits per heavy atom. The molecule has 2 atom stereocenters. The molecule has 0 amide bonds. The summed E-state index contributed by atoms with van der Waals surface area (Å²) in [5, 5.41) is 8.64. The lowest BCUT2D eigenvalue weighted by Crippen LogP contribution is -2.05. The van der Waals surface area contributed by atoms with Crippen LogP contribution in [0.3, 0.4) is 0 Å². The fourth-order valence-electron chi connectivity index (χ4n) is 0.944. The molecule has 2 unspecified atom stereocenters. The third-order valence-corrected chi connectivity index (χ3v) is 1.66. The molecule has 1 aromatic carbocycles. The number of benzene rings is 1. The summed E-state index contributed by atoms with van der Waals surface area (Å²) >= 11 is 0. The molecular formula is C9H9O3. The highest BCUT2D eigenvalue weighted by Crippen LogP contribution is 2.24. The van der Waals surface area contributed by atoms with Crippen LogP contribution < -0.4 is 4.74 Å². The van der Waals surface area contributed by atoms with Crippen LogP contribution in [0.15, 0.2) is 24.3 Å². The van der Waals surface area contributed by atoms with Gasteiger partial charge >= 0.3 is 0 Å². The van der Waals surface area contributed by atoms with Gasteiger partial charge in [0.1, 0.15) is 11.9 Å². The highest BCUT2D eigenvalue weighted by molar-refractivity contribution is 5.20. The Hall–Kier alpha value is -1.06. The topological polar surface area (TPSA) is 42.0 Å². The molecule has 0 saturated carbocycles. The van der Waals surface area contributed by atoms with E-state index in [1.165, 1.54) is 0 Å². The minimum atomic E-state index is -0.266. The van der Waals surface area contributed by atoms with Gasteiger partial charge in [0.2, 0.25) is 6.29 Å². The zero-order valence-electron chi connectivity index (χ0n) is 6.43. The first kappa shape index (κ1) is 7.58. The lowest BCUT2D eigenvalue weighted by atomic mass is 10.3. The maximum atomic E-state index is 8.64. The average molecular weight is 165 g/mol. The first-order valence-electron chi connectivity index (χ1n) is 3.79. The minimum Gasteiger partial charge on any atom is -0.462 e. The predicted molar refractivity (Wildman–Crippen MR) is 41.7 cm³/mol. The molecule has 3 nitrogen and oxygen atoms in total. The first-order chi connectivity index (χ1) is 5.90. The molecule has 1 aromatic rings. The second kappa shape index (κ2) is 3.13. The summed E-state index contributed by atoms with van der Waals surface area (Å²) in [6.07, 6.45) is -0.411. The van der Waals surface area contributed by atoms with Crippen LogP contribution in [0.4, 0.5) is 0 Å². The highest BCUT2D eigenvalue weighted by Gasteiger charge is 2.40. The van der Waals surface area contributed by atoms with Crippen LogP contribution >= 0.6 is 0 Å². The molecule has 1 fully saturated rings. The van der Waals surface area contributed by atoms with E-state index in [2.05, 4.69) is 6.07 Å². The second-order valence-corrected chi connectivity index (χ2v) is 2.58. The first-order valence-corrected chi connectivity index (χ1v) is 3.79. The Labute approximate surface area is 70.5 Å². The quantitative estimate of drug-likeness (QED) is 0.666. The van der Waals surface area contributed by atoms with Crippen LogP contribution in [0.1, 0.15) is 0 Å². The van der Waals surface area contributed by atoms with Crippen molar-refractivity contribution >= 4 is 0 Å². The molecule has 0 aromatic heterocycles. The Kier molecular flexibility index (Phi) is 1.98. The molecule has 12 heavy (non-hydrogen) atoms. The van der Waals surface area contributed by atoms with Crippen LogP contribution in [-0.4, -0.2) is 24.1 Å². The lowest BCUT2D eigenvalue weighted by molar-refractivity contribution is 0.176. The summed E-state index contributed by atoms with van der Waals surface area (Å²) in [7, 11) is 0. The van der Waals surface area contributed by atoms with Crippen molar-refractivity contribution in [3.05, 3.63) is 30.3 Å². The monoisotopic (exact) mass is 165 g/mol. The van der Waals surface area contributed by atoms with Gasteiger partial charge in [0, 0.05) is 0 Å². The standard InChI is InChI=1S/C9H9O3/c10-6-8-9(12-8)11-7-4-2-1-3-5-7/h2-5,8-10H,6H2. The second-order valence-electron chi connectivity index (χ2n) is 2.58. The van der Waals surface area contributed by atoms with Crippen molar-refractivity contribution in [3.63, 3.8) is 0 Å². The molecule has 1 radical (unpaired) electrons. The van der Waals surface area contributed by atoms with Gasteiger partial charge in [0.05, 0.1) is 6.61 Å². The van der Waals surface area contributed by atoms with E-state index in [4.69, 9.17) is 14.6 Å². The molecule has 63 valence electrons. The van der Waals surface area contributed by atoms with Crippen molar-refractivity contribution in [1.29, 1.82) is 0 Å². The molecule has 1 aliphatic heterocycles. The van der Waals surface area contributed by atoms with E-state index in [0.29, 0.717) is 0 Å². The molecule has 1 N–H and O–H groups in total. The van der Waals surface area contributed by atoms with Gasteiger partial charge in [-0.15, -0.1) is 0 Å². The Bertz CT molecular complexity index is 247. The molecule has 3 heteroatoms. The molecule has 0 aliphatic carbocycles. The molecule has 0 spiro atoms. The number of rotatable bonds is 3. The molecule has 1 heterocycles. The maximum absolute atomic E-state index is 8.64. The minimum absolute atomic E-state index is 0.0175.